The van der Waals surface area contributed by atoms with Crippen molar-refractivity contribution in [1.82, 2.24) is 5.32 Å². The lowest BCUT2D eigenvalue weighted by atomic mass is 10.1. The smallest absolute Gasteiger partial charge is 0.355 e. The molecule has 128 valence electrons. The van der Waals surface area contributed by atoms with Gasteiger partial charge in [-0.15, -0.1) is 0 Å². The van der Waals surface area contributed by atoms with Gasteiger partial charge in [0.15, 0.2) is 5.76 Å². The van der Waals surface area contributed by atoms with E-state index in [1.54, 1.807) is 6.07 Å². The highest BCUT2D eigenvalue weighted by atomic mass is 16.6. The van der Waals surface area contributed by atoms with Gasteiger partial charge in [-0.2, -0.15) is 0 Å². The maximum atomic E-state index is 12.1. The molecule has 0 aliphatic carbocycles. The first kappa shape index (κ1) is 17.7. The highest BCUT2D eigenvalue weighted by Crippen LogP contribution is 2.16. The van der Waals surface area contributed by atoms with E-state index in [-0.39, 0.29) is 23.8 Å². The van der Waals surface area contributed by atoms with Crippen LogP contribution in [0.3, 0.4) is 0 Å². The molecule has 1 aromatic heterocycles. The minimum Gasteiger partial charge on any atom is -0.459 e. The van der Waals surface area contributed by atoms with E-state index in [4.69, 9.17) is 9.15 Å². The first-order valence-corrected chi connectivity index (χ1v) is 7.10. The van der Waals surface area contributed by atoms with Gasteiger partial charge >= 0.3 is 5.97 Å². The Morgan fingerprint density at radius 2 is 2.12 bits per heavy atom. The second kappa shape index (κ2) is 8.25. The molecule has 0 saturated heterocycles. The van der Waals surface area contributed by atoms with Crippen molar-refractivity contribution in [1.29, 1.82) is 0 Å². The highest BCUT2D eigenvalue weighted by Gasteiger charge is 2.17. The summed E-state index contributed by atoms with van der Waals surface area (Å²) in [5.74, 6) is -1.47. The van der Waals surface area contributed by atoms with E-state index in [1.165, 1.54) is 48.7 Å². The summed E-state index contributed by atoms with van der Waals surface area (Å²) in [5.41, 5.74) is 0.00756. The van der Waals surface area contributed by atoms with Gasteiger partial charge in [0.1, 0.15) is 12.3 Å². The Bertz CT molecular complexity index is 823. The number of nitro groups is 1. The van der Waals surface area contributed by atoms with Crippen LogP contribution in [0, 0.1) is 10.1 Å². The van der Waals surface area contributed by atoms with Crippen molar-refractivity contribution in [2.24, 2.45) is 0 Å². The summed E-state index contributed by atoms with van der Waals surface area (Å²) in [6, 6.07) is 8.54. The fourth-order valence-corrected chi connectivity index (χ4v) is 1.84. The zero-order valence-corrected chi connectivity index (χ0v) is 13.0. The van der Waals surface area contributed by atoms with Crippen molar-refractivity contribution in [3.63, 3.8) is 0 Å². The van der Waals surface area contributed by atoms with Crippen molar-refractivity contribution >= 4 is 23.6 Å². The Morgan fingerprint density at radius 1 is 1.32 bits per heavy atom. The third-order valence-corrected chi connectivity index (χ3v) is 2.94. The van der Waals surface area contributed by atoms with Crippen molar-refractivity contribution in [2.75, 3.05) is 6.61 Å². The average molecular weight is 342 g/mol. The minimum absolute atomic E-state index is 0.00135. The second-order valence-corrected chi connectivity index (χ2v) is 4.73. The Hall–Kier alpha value is -3.68. The van der Waals surface area contributed by atoms with Crippen molar-refractivity contribution in [3.8, 4) is 0 Å². The number of ether oxygens (including phenoxy) is 1. The molecule has 25 heavy (non-hydrogen) atoms. The quantitative estimate of drug-likeness (QED) is 0.272. The van der Waals surface area contributed by atoms with E-state index in [9.17, 15) is 19.7 Å². The topological polar surface area (TPSA) is 112 Å². The van der Waals surface area contributed by atoms with Crippen LogP contribution in [-0.2, 0) is 9.53 Å². The van der Waals surface area contributed by atoms with Crippen LogP contribution in [-0.4, -0.2) is 23.4 Å². The number of carbonyl (C=O) groups excluding carboxylic acids is 2. The van der Waals surface area contributed by atoms with Gasteiger partial charge in [-0.1, -0.05) is 24.8 Å². The molecular formula is C17H14N2O6. The number of non-ortho nitro benzene ring substituents is 1. The highest BCUT2D eigenvalue weighted by molar-refractivity contribution is 6.02. The molecule has 0 radical (unpaired) electrons. The molecule has 0 aliphatic heterocycles. The number of hydrogen-bond acceptors (Lipinski definition) is 6. The van der Waals surface area contributed by atoms with Crippen LogP contribution < -0.4 is 5.32 Å². The first-order valence-electron chi connectivity index (χ1n) is 7.10. The molecule has 0 saturated carbocycles. The average Bonchev–Trinajstić information content (AvgIpc) is 3.14. The van der Waals surface area contributed by atoms with Crippen molar-refractivity contribution < 1.29 is 23.7 Å². The number of rotatable bonds is 7. The molecule has 0 fully saturated rings. The molecule has 0 aliphatic rings. The summed E-state index contributed by atoms with van der Waals surface area (Å²) in [7, 11) is 0. The number of nitrogens with one attached hydrogen (secondary N) is 1. The molecule has 0 unspecified atom stereocenters. The van der Waals surface area contributed by atoms with E-state index in [0.29, 0.717) is 5.56 Å². The lowest BCUT2D eigenvalue weighted by Crippen LogP contribution is -2.28. The van der Waals surface area contributed by atoms with E-state index in [2.05, 4.69) is 11.9 Å². The maximum Gasteiger partial charge on any atom is 0.355 e. The first-order chi connectivity index (χ1) is 12.0. The molecule has 2 rings (SSSR count). The van der Waals surface area contributed by atoms with Crippen LogP contribution in [0.2, 0.25) is 0 Å². The minimum atomic E-state index is -0.814. The summed E-state index contributed by atoms with van der Waals surface area (Å²) in [6.45, 7) is 3.38. The SMILES string of the molecule is C=CCOC(=O)/C(=C/c1cccc([N+](=O)[O-])c1)NC(=O)c1ccco1. The largest absolute Gasteiger partial charge is 0.459 e. The lowest BCUT2D eigenvalue weighted by Gasteiger charge is -2.08. The van der Waals surface area contributed by atoms with E-state index in [1.807, 2.05) is 0 Å². The molecule has 1 aromatic carbocycles. The summed E-state index contributed by atoms with van der Waals surface area (Å²) in [5, 5.41) is 13.2. The summed E-state index contributed by atoms with van der Waals surface area (Å²) in [6.07, 6.45) is 3.96. The number of hydrogen-bond donors (Lipinski definition) is 1. The Morgan fingerprint density at radius 3 is 2.76 bits per heavy atom. The molecule has 8 heteroatoms. The van der Waals surface area contributed by atoms with Gasteiger partial charge < -0.3 is 14.5 Å². The van der Waals surface area contributed by atoms with E-state index >= 15 is 0 Å². The van der Waals surface area contributed by atoms with Crippen LogP contribution in [0.1, 0.15) is 16.1 Å². The van der Waals surface area contributed by atoms with Gasteiger partial charge in [0.05, 0.1) is 11.2 Å². The molecule has 1 amide bonds. The molecule has 1 N–H and O–H groups in total. The number of benzene rings is 1. The fourth-order valence-electron chi connectivity index (χ4n) is 1.84. The van der Waals surface area contributed by atoms with Gasteiger partial charge in [0.2, 0.25) is 0 Å². The molecule has 1 heterocycles. The van der Waals surface area contributed by atoms with Gasteiger partial charge in [-0.25, -0.2) is 4.79 Å². The Balaban J connectivity index is 2.31. The van der Waals surface area contributed by atoms with Gasteiger partial charge in [0, 0.05) is 12.1 Å². The van der Waals surface area contributed by atoms with Crippen LogP contribution in [0.15, 0.2) is 65.4 Å². The number of nitro benzene ring substituents is 1. The normalized spacial score (nSPS) is 10.8. The number of furan rings is 1. The Labute approximate surface area is 142 Å². The summed E-state index contributed by atoms with van der Waals surface area (Å²) < 4.78 is 9.88. The van der Waals surface area contributed by atoms with Gasteiger partial charge in [0.25, 0.3) is 11.6 Å². The number of esters is 1. The second-order valence-electron chi connectivity index (χ2n) is 4.73. The number of nitrogens with zero attached hydrogens (tertiary/aromatic N) is 1. The maximum absolute atomic E-state index is 12.1. The monoisotopic (exact) mass is 342 g/mol. The molecule has 2 aromatic rings. The van der Waals surface area contributed by atoms with Crippen molar-refractivity contribution in [2.45, 2.75) is 0 Å². The Kier molecular flexibility index (Phi) is 5.83. The number of carbonyl (C=O) groups is 2. The summed E-state index contributed by atoms with van der Waals surface area (Å²) >= 11 is 0. The third-order valence-electron chi connectivity index (χ3n) is 2.94. The number of amides is 1. The molecule has 8 nitrogen and oxygen atoms in total. The van der Waals surface area contributed by atoms with Gasteiger partial charge in [-0.05, 0) is 23.8 Å². The zero-order chi connectivity index (χ0) is 18.2. The predicted molar refractivity (Wildman–Crippen MR) is 88.4 cm³/mol. The standard InChI is InChI=1S/C17H14N2O6/c1-2-8-25-17(21)14(18-16(20)15-7-4-9-24-15)11-12-5-3-6-13(10-12)19(22)23/h2-7,9-11H,1,8H2,(H,18,20)/b14-11-. The van der Waals surface area contributed by atoms with Gasteiger partial charge in [-0.3, -0.25) is 14.9 Å². The predicted octanol–water partition coefficient (Wildman–Crippen LogP) is 2.69. The van der Waals surface area contributed by atoms with Crippen LogP contribution in [0.5, 0.6) is 0 Å². The van der Waals surface area contributed by atoms with Crippen LogP contribution >= 0.6 is 0 Å². The molecule has 0 spiro atoms. The third kappa shape index (κ3) is 4.90. The van der Waals surface area contributed by atoms with Crippen molar-refractivity contribution in [3.05, 3.63) is 82.5 Å². The molecule has 0 atom stereocenters. The van der Waals surface area contributed by atoms with Crippen LogP contribution in [0.4, 0.5) is 5.69 Å². The molecular weight excluding hydrogens is 328 g/mol. The zero-order valence-electron chi connectivity index (χ0n) is 13.0. The van der Waals surface area contributed by atoms with Crippen LogP contribution in [0.25, 0.3) is 6.08 Å². The fraction of sp³-hybridized carbons (Fsp3) is 0.0588. The molecule has 0 bridgehead atoms. The van der Waals surface area contributed by atoms with E-state index in [0.717, 1.165) is 0 Å². The van der Waals surface area contributed by atoms with E-state index < -0.39 is 16.8 Å². The summed E-state index contributed by atoms with van der Waals surface area (Å²) in [4.78, 5) is 34.5. The lowest BCUT2D eigenvalue weighted by molar-refractivity contribution is -0.384.